The Morgan fingerprint density at radius 3 is 2.35 bits per heavy atom. The third-order valence-corrected chi connectivity index (χ3v) is 6.06. The maximum atomic E-state index is 2.64. The van der Waals surface area contributed by atoms with Gasteiger partial charge in [-0.05, 0) is 42.4 Å². The van der Waals surface area contributed by atoms with Crippen LogP contribution >= 0.6 is 0 Å². The van der Waals surface area contributed by atoms with Crippen LogP contribution in [0.15, 0.2) is 0 Å². The summed E-state index contributed by atoms with van der Waals surface area (Å²) in [6, 6.07) is 0. The van der Waals surface area contributed by atoms with Gasteiger partial charge in [-0.2, -0.15) is 0 Å². The van der Waals surface area contributed by atoms with Crippen LogP contribution in [0, 0.1) is 23.2 Å². The molecule has 2 saturated carbocycles. The molecule has 0 radical (unpaired) electrons. The van der Waals surface area contributed by atoms with E-state index >= 15 is 0 Å². The molecule has 100 valence electrons. The predicted octanol–water partition coefficient (Wildman–Crippen LogP) is 5.81. The lowest BCUT2D eigenvalue weighted by Gasteiger charge is -2.39. The van der Waals surface area contributed by atoms with Crippen LogP contribution in [0.5, 0.6) is 0 Å². The summed E-state index contributed by atoms with van der Waals surface area (Å²) in [5, 5.41) is 0. The average Bonchev–Trinajstić information content (AvgIpc) is 2.51. The van der Waals surface area contributed by atoms with Gasteiger partial charge in [-0.25, -0.2) is 0 Å². The molecule has 0 N–H and O–H groups in total. The lowest BCUT2D eigenvalue weighted by atomic mass is 9.66. The van der Waals surface area contributed by atoms with Gasteiger partial charge in [-0.15, -0.1) is 0 Å². The zero-order valence-electron chi connectivity index (χ0n) is 12.3. The van der Waals surface area contributed by atoms with Crippen LogP contribution in [0.25, 0.3) is 0 Å². The van der Waals surface area contributed by atoms with E-state index in [2.05, 4.69) is 20.8 Å². The molecule has 2 aliphatic rings. The lowest BCUT2D eigenvalue weighted by Crippen LogP contribution is -2.30. The van der Waals surface area contributed by atoms with Crippen LogP contribution < -0.4 is 0 Å². The van der Waals surface area contributed by atoms with Crippen molar-refractivity contribution in [2.75, 3.05) is 0 Å². The molecule has 0 aromatic carbocycles. The first kappa shape index (κ1) is 13.4. The molecule has 4 unspecified atom stereocenters. The Labute approximate surface area is 109 Å². The molecule has 0 saturated heterocycles. The molecule has 4 atom stereocenters. The van der Waals surface area contributed by atoms with Crippen LogP contribution in [0.4, 0.5) is 0 Å². The van der Waals surface area contributed by atoms with Crippen molar-refractivity contribution in [3.63, 3.8) is 0 Å². The maximum absolute atomic E-state index is 2.64. The van der Waals surface area contributed by atoms with Gasteiger partial charge in [0.1, 0.15) is 0 Å². The van der Waals surface area contributed by atoms with E-state index in [1.54, 1.807) is 12.8 Å². The van der Waals surface area contributed by atoms with Gasteiger partial charge in [-0.3, -0.25) is 0 Å². The fraction of sp³-hybridized carbons (Fsp3) is 1.00. The monoisotopic (exact) mass is 236 g/mol. The Bertz CT molecular complexity index is 232. The summed E-state index contributed by atoms with van der Waals surface area (Å²) in [5.74, 6) is 3.17. The first-order valence-electron chi connectivity index (χ1n) is 8.22. The van der Waals surface area contributed by atoms with Crippen molar-refractivity contribution < 1.29 is 0 Å². The zero-order chi connectivity index (χ0) is 12.3. The second kappa shape index (κ2) is 5.76. The summed E-state index contributed by atoms with van der Waals surface area (Å²) >= 11 is 0. The highest BCUT2D eigenvalue weighted by atomic mass is 14.5. The SMILES string of the molecule is CCCC1(C)C(CC)CC2CCCCCCC21. The minimum atomic E-state index is 0.686. The van der Waals surface area contributed by atoms with E-state index in [9.17, 15) is 0 Å². The van der Waals surface area contributed by atoms with Gasteiger partial charge < -0.3 is 0 Å². The second-order valence-electron chi connectivity index (χ2n) is 6.95. The third-order valence-electron chi connectivity index (χ3n) is 6.06. The van der Waals surface area contributed by atoms with E-state index in [0.29, 0.717) is 5.41 Å². The Kier molecular flexibility index (Phi) is 4.55. The number of fused-ring (bicyclic) bond motifs is 1. The first-order chi connectivity index (χ1) is 8.22. The smallest absolute Gasteiger partial charge is 0.0267 e. The first-order valence-corrected chi connectivity index (χ1v) is 8.22. The molecule has 0 amide bonds. The van der Waals surface area contributed by atoms with Gasteiger partial charge in [0, 0.05) is 0 Å². The van der Waals surface area contributed by atoms with Crippen LogP contribution in [0.2, 0.25) is 0 Å². The van der Waals surface area contributed by atoms with Crippen LogP contribution in [0.3, 0.4) is 0 Å². The van der Waals surface area contributed by atoms with Gasteiger partial charge in [0.05, 0.1) is 0 Å². The van der Waals surface area contributed by atoms with Crippen molar-refractivity contribution in [1.82, 2.24) is 0 Å². The van der Waals surface area contributed by atoms with Crippen LogP contribution in [0.1, 0.15) is 85.0 Å². The molecule has 0 nitrogen and oxygen atoms in total. The highest BCUT2D eigenvalue weighted by Crippen LogP contribution is 2.58. The van der Waals surface area contributed by atoms with Gasteiger partial charge in [0.25, 0.3) is 0 Å². The minimum Gasteiger partial charge on any atom is -0.0654 e. The third kappa shape index (κ3) is 2.56. The van der Waals surface area contributed by atoms with Gasteiger partial charge in [0.2, 0.25) is 0 Å². The van der Waals surface area contributed by atoms with E-state index in [1.807, 2.05) is 0 Å². The summed E-state index contributed by atoms with van der Waals surface area (Å²) in [7, 11) is 0. The summed E-state index contributed by atoms with van der Waals surface area (Å²) < 4.78 is 0. The molecule has 2 aliphatic carbocycles. The highest BCUT2D eigenvalue weighted by molar-refractivity contribution is 4.98. The molecular formula is C17H32. The fourth-order valence-corrected chi connectivity index (χ4v) is 5.21. The molecule has 17 heavy (non-hydrogen) atoms. The van der Waals surface area contributed by atoms with E-state index in [1.165, 1.54) is 51.4 Å². The second-order valence-corrected chi connectivity index (χ2v) is 6.95. The molecule has 0 spiro atoms. The highest BCUT2D eigenvalue weighted by Gasteiger charge is 2.49. The number of rotatable bonds is 3. The van der Waals surface area contributed by atoms with Crippen LogP contribution in [-0.4, -0.2) is 0 Å². The van der Waals surface area contributed by atoms with E-state index in [-0.39, 0.29) is 0 Å². The Hall–Kier alpha value is 0. The molecule has 0 bridgehead atoms. The van der Waals surface area contributed by atoms with Crippen molar-refractivity contribution in [2.24, 2.45) is 23.2 Å². The topological polar surface area (TPSA) is 0 Å². The van der Waals surface area contributed by atoms with Gasteiger partial charge >= 0.3 is 0 Å². The van der Waals surface area contributed by atoms with Gasteiger partial charge in [-0.1, -0.05) is 65.7 Å². The molecule has 0 aromatic rings. The molecule has 2 rings (SSSR count). The maximum Gasteiger partial charge on any atom is -0.0267 e. The van der Waals surface area contributed by atoms with E-state index in [0.717, 1.165) is 17.8 Å². The quantitative estimate of drug-likeness (QED) is 0.580. The van der Waals surface area contributed by atoms with Crippen molar-refractivity contribution in [2.45, 2.75) is 85.0 Å². The molecule has 0 aromatic heterocycles. The molecule has 2 fully saturated rings. The summed E-state index contributed by atoms with van der Waals surface area (Å²) in [5.41, 5.74) is 0.686. The van der Waals surface area contributed by atoms with E-state index in [4.69, 9.17) is 0 Å². The van der Waals surface area contributed by atoms with Crippen molar-refractivity contribution >= 4 is 0 Å². The molecule has 0 heterocycles. The lowest BCUT2D eigenvalue weighted by molar-refractivity contribution is 0.108. The zero-order valence-corrected chi connectivity index (χ0v) is 12.3. The van der Waals surface area contributed by atoms with Crippen molar-refractivity contribution in [3.05, 3.63) is 0 Å². The molecule has 0 aliphatic heterocycles. The fourth-order valence-electron chi connectivity index (χ4n) is 5.21. The Morgan fingerprint density at radius 1 is 1.00 bits per heavy atom. The van der Waals surface area contributed by atoms with Crippen LogP contribution in [-0.2, 0) is 0 Å². The minimum absolute atomic E-state index is 0.686. The number of hydrogen-bond acceptors (Lipinski definition) is 0. The normalized spacial score (nSPS) is 42.9. The molecule has 0 heteroatoms. The van der Waals surface area contributed by atoms with Gasteiger partial charge in [0.15, 0.2) is 0 Å². The predicted molar refractivity (Wildman–Crippen MR) is 76.1 cm³/mol. The van der Waals surface area contributed by atoms with Crippen molar-refractivity contribution in [3.8, 4) is 0 Å². The average molecular weight is 236 g/mol. The summed E-state index contributed by atoms with van der Waals surface area (Å²) in [6.07, 6.45) is 15.0. The standard InChI is InChI=1S/C17H32/c1-4-12-17(3)15(5-2)13-14-10-8-6-7-9-11-16(14)17/h14-16H,4-13H2,1-3H3. The summed E-state index contributed by atoms with van der Waals surface area (Å²) in [6.45, 7) is 7.45. The Morgan fingerprint density at radius 2 is 1.71 bits per heavy atom. The number of hydrogen-bond donors (Lipinski definition) is 0. The summed E-state index contributed by atoms with van der Waals surface area (Å²) in [4.78, 5) is 0. The van der Waals surface area contributed by atoms with E-state index < -0.39 is 0 Å². The largest absolute Gasteiger partial charge is 0.0654 e. The Balaban J connectivity index is 2.15. The van der Waals surface area contributed by atoms with Crippen molar-refractivity contribution in [1.29, 1.82) is 0 Å². The molecular weight excluding hydrogens is 204 g/mol.